The van der Waals surface area contributed by atoms with Crippen LogP contribution in [0.3, 0.4) is 0 Å². The van der Waals surface area contributed by atoms with E-state index in [0.29, 0.717) is 58.6 Å². The van der Waals surface area contributed by atoms with Gasteiger partial charge in [0.25, 0.3) is 11.8 Å². The predicted molar refractivity (Wildman–Crippen MR) is 112 cm³/mol. The molecule has 1 saturated heterocycles. The fourth-order valence-electron chi connectivity index (χ4n) is 3.25. The van der Waals surface area contributed by atoms with E-state index in [-0.39, 0.29) is 17.9 Å². The highest BCUT2D eigenvalue weighted by Gasteiger charge is 2.25. The first-order valence-corrected chi connectivity index (χ1v) is 9.95. The highest BCUT2D eigenvalue weighted by molar-refractivity contribution is 6.42. The summed E-state index contributed by atoms with van der Waals surface area (Å²) in [5.41, 5.74) is 0.973. The second-order valence-electron chi connectivity index (χ2n) is 6.77. The summed E-state index contributed by atoms with van der Waals surface area (Å²) in [7, 11) is 3.08. The third kappa shape index (κ3) is 5.14. The number of methoxy groups -OCH3 is 2. The van der Waals surface area contributed by atoms with Gasteiger partial charge in [-0.3, -0.25) is 9.59 Å². The highest BCUT2D eigenvalue weighted by atomic mass is 35.5. The molecular formula is C21H22Cl2N2O4. The van der Waals surface area contributed by atoms with Crippen molar-refractivity contribution in [1.29, 1.82) is 0 Å². The van der Waals surface area contributed by atoms with Crippen LogP contribution in [0.1, 0.15) is 33.6 Å². The van der Waals surface area contributed by atoms with E-state index in [4.69, 9.17) is 32.7 Å². The quantitative estimate of drug-likeness (QED) is 0.767. The molecule has 0 radical (unpaired) electrons. The van der Waals surface area contributed by atoms with Gasteiger partial charge in [0, 0.05) is 36.3 Å². The maximum Gasteiger partial charge on any atom is 0.253 e. The minimum absolute atomic E-state index is 0.0162. The summed E-state index contributed by atoms with van der Waals surface area (Å²) >= 11 is 11.9. The molecule has 1 heterocycles. The first kappa shape index (κ1) is 21.3. The van der Waals surface area contributed by atoms with Crippen LogP contribution in [-0.2, 0) is 0 Å². The van der Waals surface area contributed by atoms with Gasteiger partial charge in [-0.05, 0) is 43.2 Å². The lowest BCUT2D eigenvalue weighted by Crippen LogP contribution is -2.46. The molecule has 154 valence electrons. The second-order valence-corrected chi connectivity index (χ2v) is 7.58. The van der Waals surface area contributed by atoms with Crippen LogP contribution in [0.5, 0.6) is 11.5 Å². The normalized spacial score (nSPS) is 14.4. The summed E-state index contributed by atoms with van der Waals surface area (Å²) in [6.45, 7) is 1.09. The molecule has 0 aromatic heterocycles. The van der Waals surface area contributed by atoms with Gasteiger partial charge >= 0.3 is 0 Å². The molecule has 8 heteroatoms. The van der Waals surface area contributed by atoms with Gasteiger partial charge in [0.05, 0.1) is 24.3 Å². The monoisotopic (exact) mass is 436 g/mol. The zero-order valence-electron chi connectivity index (χ0n) is 16.2. The van der Waals surface area contributed by atoms with Crippen LogP contribution < -0.4 is 14.8 Å². The third-order valence-electron chi connectivity index (χ3n) is 4.90. The number of benzene rings is 2. The van der Waals surface area contributed by atoms with E-state index in [1.807, 2.05) is 0 Å². The molecule has 6 nitrogen and oxygen atoms in total. The minimum atomic E-state index is -0.198. The first-order chi connectivity index (χ1) is 13.9. The zero-order chi connectivity index (χ0) is 21.0. The largest absolute Gasteiger partial charge is 0.497 e. The Morgan fingerprint density at radius 2 is 1.55 bits per heavy atom. The number of nitrogens with one attached hydrogen (secondary N) is 1. The molecular weight excluding hydrogens is 415 g/mol. The average Bonchev–Trinajstić information content (AvgIpc) is 2.75. The molecule has 2 aromatic rings. The Morgan fingerprint density at radius 1 is 0.931 bits per heavy atom. The fourth-order valence-corrected chi connectivity index (χ4v) is 3.54. The molecule has 2 aromatic carbocycles. The van der Waals surface area contributed by atoms with Crippen LogP contribution in [0, 0.1) is 0 Å². The number of likely N-dealkylation sites (tertiary alicyclic amines) is 1. The third-order valence-corrected chi connectivity index (χ3v) is 5.64. The average molecular weight is 437 g/mol. The molecule has 0 aliphatic carbocycles. The van der Waals surface area contributed by atoms with Crippen LogP contribution >= 0.6 is 23.2 Å². The van der Waals surface area contributed by atoms with Gasteiger partial charge in [0.15, 0.2) is 0 Å². The number of carbonyl (C=O) groups excluding carboxylic acids is 2. The van der Waals surface area contributed by atoms with Gasteiger partial charge in [-0.2, -0.15) is 0 Å². The van der Waals surface area contributed by atoms with Crippen molar-refractivity contribution in [2.75, 3.05) is 27.3 Å². The Bertz CT molecular complexity index is 889. The van der Waals surface area contributed by atoms with Crippen LogP contribution in [0.15, 0.2) is 36.4 Å². The maximum absolute atomic E-state index is 12.7. The highest BCUT2D eigenvalue weighted by Crippen LogP contribution is 2.25. The summed E-state index contributed by atoms with van der Waals surface area (Å²) in [5.74, 6) is 0.815. The van der Waals surface area contributed by atoms with Crippen molar-refractivity contribution in [3.05, 3.63) is 57.6 Å². The van der Waals surface area contributed by atoms with Crippen molar-refractivity contribution in [2.45, 2.75) is 18.9 Å². The van der Waals surface area contributed by atoms with Gasteiger partial charge < -0.3 is 19.7 Å². The number of hydrogen-bond acceptors (Lipinski definition) is 4. The molecule has 1 aliphatic heterocycles. The number of halogens is 2. The van der Waals surface area contributed by atoms with Crippen molar-refractivity contribution in [3.8, 4) is 11.5 Å². The molecule has 2 amide bonds. The summed E-state index contributed by atoms with van der Waals surface area (Å²) in [6.07, 6.45) is 1.33. The number of carbonyl (C=O) groups is 2. The number of hydrogen-bond donors (Lipinski definition) is 1. The summed E-state index contributed by atoms with van der Waals surface area (Å²) in [5, 5.41) is 3.80. The lowest BCUT2D eigenvalue weighted by atomic mass is 10.0. The van der Waals surface area contributed by atoms with Crippen LogP contribution in [0.4, 0.5) is 0 Å². The van der Waals surface area contributed by atoms with Gasteiger partial charge in [-0.1, -0.05) is 23.2 Å². The van der Waals surface area contributed by atoms with Crippen molar-refractivity contribution in [1.82, 2.24) is 10.2 Å². The van der Waals surface area contributed by atoms with Gasteiger partial charge in [0.2, 0.25) is 0 Å². The van der Waals surface area contributed by atoms with Crippen molar-refractivity contribution in [3.63, 3.8) is 0 Å². The smallest absolute Gasteiger partial charge is 0.253 e. The topological polar surface area (TPSA) is 67.9 Å². The van der Waals surface area contributed by atoms with Gasteiger partial charge in [-0.15, -0.1) is 0 Å². The molecule has 1 N–H and O–H groups in total. The van der Waals surface area contributed by atoms with Crippen LogP contribution in [0.2, 0.25) is 10.0 Å². The molecule has 3 rings (SSSR count). The van der Waals surface area contributed by atoms with Crippen molar-refractivity contribution >= 4 is 35.0 Å². The zero-order valence-corrected chi connectivity index (χ0v) is 17.7. The molecule has 0 bridgehead atoms. The predicted octanol–water partition coefficient (Wildman–Crippen LogP) is 4.05. The van der Waals surface area contributed by atoms with Gasteiger partial charge in [-0.25, -0.2) is 0 Å². The molecule has 0 saturated carbocycles. The molecule has 0 spiro atoms. The van der Waals surface area contributed by atoms with E-state index in [1.165, 1.54) is 14.2 Å². The summed E-state index contributed by atoms with van der Waals surface area (Å²) in [6, 6.07) is 9.90. The Labute approximate surface area is 179 Å². The van der Waals surface area contributed by atoms with Crippen LogP contribution in [0.25, 0.3) is 0 Å². The van der Waals surface area contributed by atoms with E-state index >= 15 is 0 Å². The molecule has 0 unspecified atom stereocenters. The Hall–Kier alpha value is -2.44. The Balaban J connectivity index is 1.59. The van der Waals surface area contributed by atoms with E-state index in [2.05, 4.69) is 5.32 Å². The first-order valence-electron chi connectivity index (χ1n) is 9.19. The number of rotatable bonds is 5. The summed E-state index contributed by atoms with van der Waals surface area (Å²) in [4.78, 5) is 27.0. The number of nitrogens with zero attached hydrogens (tertiary/aromatic N) is 1. The van der Waals surface area contributed by atoms with Crippen molar-refractivity contribution < 1.29 is 19.1 Å². The molecule has 29 heavy (non-hydrogen) atoms. The minimum Gasteiger partial charge on any atom is -0.497 e. The number of piperidine rings is 1. The van der Waals surface area contributed by atoms with Crippen LogP contribution in [-0.4, -0.2) is 50.1 Å². The molecule has 0 atom stereocenters. The Kier molecular flexibility index (Phi) is 6.87. The lowest BCUT2D eigenvalue weighted by molar-refractivity contribution is 0.0698. The molecule has 1 fully saturated rings. The molecule has 1 aliphatic rings. The standard InChI is InChI=1S/C21H22Cl2N2O4/c1-28-16-9-14(10-17(12-16)29-2)20(26)24-15-5-7-25(8-6-15)21(27)13-3-4-18(22)19(23)11-13/h3-4,9-12,15H,5-8H2,1-2H3,(H,24,26). The van der Waals surface area contributed by atoms with E-state index in [0.717, 1.165) is 0 Å². The van der Waals surface area contributed by atoms with Crippen molar-refractivity contribution in [2.24, 2.45) is 0 Å². The summed E-state index contributed by atoms with van der Waals surface area (Å²) < 4.78 is 10.4. The SMILES string of the molecule is COc1cc(OC)cc(C(=O)NC2CCN(C(=O)c3ccc(Cl)c(Cl)c3)CC2)c1. The van der Waals surface area contributed by atoms with E-state index in [9.17, 15) is 9.59 Å². The Morgan fingerprint density at radius 3 is 2.10 bits per heavy atom. The maximum atomic E-state index is 12.7. The lowest BCUT2D eigenvalue weighted by Gasteiger charge is -2.32. The second kappa shape index (κ2) is 9.37. The fraction of sp³-hybridized carbons (Fsp3) is 0.333. The van der Waals surface area contributed by atoms with Gasteiger partial charge in [0.1, 0.15) is 11.5 Å². The number of ether oxygens (including phenoxy) is 2. The van der Waals surface area contributed by atoms with E-state index < -0.39 is 0 Å². The van der Waals surface area contributed by atoms with E-state index in [1.54, 1.807) is 41.3 Å². The number of amides is 2.